The quantitative estimate of drug-likeness (QED) is 0.873. The van der Waals surface area contributed by atoms with Crippen LogP contribution in [0.4, 0.5) is 5.69 Å². The zero-order chi connectivity index (χ0) is 18.0. The van der Waals surface area contributed by atoms with Crippen molar-refractivity contribution in [2.45, 2.75) is 26.2 Å². The molecule has 0 radical (unpaired) electrons. The number of rotatable bonds is 5. The Kier molecular flexibility index (Phi) is 4.65. The number of aliphatic carboxylic acids is 1. The summed E-state index contributed by atoms with van der Waals surface area (Å²) in [6.45, 7) is 2.83. The molecule has 0 aromatic heterocycles. The Hall–Kier alpha value is -2.57. The van der Waals surface area contributed by atoms with Gasteiger partial charge in [0.25, 0.3) is 5.91 Å². The van der Waals surface area contributed by atoms with Gasteiger partial charge in [-0.15, -0.1) is 0 Å². The minimum absolute atomic E-state index is 0.0956. The fourth-order valence-electron chi connectivity index (χ4n) is 3.25. The van der Waals surface area contributed by atoms with Gasteiger partial charge in [0.1, 0.15) is 5.75 Å². The van der Waals surface area contributed by atoms with Crippen molar-refractivity contribution in [3.63, 3.8) is 0 Å². The standard InChI is InChI=1S/C18H22N2O5/c1-18(17(23)24)7-9-19(12-18)16(22)11-25-14-5-2-4-13(10-14)20-8-3-6-15(20)21/h2,4-5,10H,3,6-9,11-12H2,1H3,(H,23,24). The number of anilines is 1. The molecule has 2 amide bonds. The van der Waals surface area contributed by atoms with Crippen molar-refractivity contribution in [1.82, 2.24) is 4.90 Å². The summed E-state index contributed by atoms with van der Waals surface area (Å²) in [5, 5.41) is 9.23. The number of carbonyl (C=O) groups excluding carboxylic acids is 2. The van der Waals surface area contributed by atoms with Crippen LogP contribution in [0.15, 0.2) is 24.3 Å². The van der Waals surface area contributed by atoms with E-state index in [0.717, 1.165) is 12.1 Å². The zero-order valence-corrected chi connectivity index (χ0v) is 14.2. The van der Waals surface area contributed by atoms with Crippen LogP contribution in [-0.4, -0.2) is 54.0 Å². The van der Waals surface area contributed by atoms with Crippen molar-refractivity contribution < 1.29 is 24.2 Å². The normalized spacial score (nSPS) is 23.2. The molecule has 0 aliphatic carbocycles. The first-order valence-electron chi connectivity index (χ1n) is 8.43. The van der Waals surface area contributed by atoms with Crippen molar-refractivity contribution in [3.05, 3.63) is 24.3 Å². The van der Waals surface area contributed by atoms with E-state index in [-0.39, 0.29) is 25.0 Å². The third-order valence-electron chi connectivity index (χ3n) is 4.91. The van der Waals surface area contributed by atoms with Crippen LogP contribution >= 0.6 is 0 Å². The monoisotopic (exact) mass is 346 g/mol. The lowest BCUT2D eigenvalue weighted by atomic mass is 9.90. The molecule has 2 aliphatic heterocycles. The van der Waals surface area contributed by atoms with E-state index < -0.39 is 11.4 Å². The topological polar surface area (TPSA) is 87.2 Å². The Balaban J connectivity index is 1.58. The molecule has 2 aliphatic rings. The van der Waals surface area contributed by atoms with Gasteiger partial charge in [0, 0.05) is 37.8 Å². The van der Waals surface area contributed by atoms with Crippen molar-refractivity contribution in [1.29, 1.82) is 0 Å². The number of carbonyl (C=O) groups is 3. The fourth-order valence-corrected chi connectivity index (χ4v) is 3.25. The van der Waals surface area contributed by atoms with E-state index in [1.807, 2.05) is 6.07 Å². The van der Waals surface area contributed by atoms with Crippen LogP contribution in [0, 0.1) is 5.41 Å². The molecule has 0 bridgehead atoms. The first-order valence-corrected chi connectivity index (χ1v) is 8.43. The van der Waals surface area contributed by atoms with Crippen LogP contribution in [0.2, 0.25) is 0 Å². The van der Waals surface area contributed by atoms with Crippen molar-refractivity contribution in [2.75, 3.05) is 31.1 Å². The third kappa shape index (κ3) is 3.60. The van der Waals surface area contributed by atoms with Gasteiger partial charge in [-0.1, -0.05) is 6.07 Å². The van der Waals surface area contributed by atoms with Gasteiger partial charge in [0.2, 0.25) is 5.91 Å². The smallest absolute Gasteiger partial charge is 0.311 e. The Labute approximate surface area is 146 Å². The first kappa shape index (κ1) is 17.3. The highest BCUT2D eigenvalue weighted by Crippen LogP contribution is 2.30. The predicted octanol–water partition coefficient (Wildman–Crippen LogP) is 1.52. The summed E-state index contributed by atoms with van der Waals surface area (Å²) in [5.41, 5.74) is -0.113. The molecule has 1 N–H and O–H groups in total. The Morgan fingerprint density at radius 2 is 2.12 bits per heavy atom. The molecule has 1 atom stereocenters. The number of carboxylic acids is 1. The highest BCUT2D eigenvalue weighted by atomic mass is 16.5. The molecule has 7 nitrogen and oxygen atoms in total. The molecule has 2 saturated heterocycles. The molecule has 1 aromatic carbocycles. The number of hydrogen-bond donors (Lipinski definition) is 1. The molecular weight excluding hydrogens is 324 g/mol. The Morgan fingerprint density at radius 1 is 1.32 bits per heavy atom. The molecule has 1 unspecified atom stereocenters. The molecule has 1 aromatic rings. The second-order valence-electron chi connectivity index (χ2n) is 6.87. The van der Waals surface area contributed by atoms with Gasteiger partial charge in [0.05, 0.1) is 5.41 Å². The van der Waals surface area contributed by atoms with Gasteiger partial charge in [-0.05, 0) is 31.9 Å². The summed E-state index contributed by atoms with van der Waals surface area (Å²) >= 11 is 0. The average Bonchev–Trinajstić information content (AvgIpc) is 3.20. The van der Waals surface area contributed by atoms with E-state index in [9.17, 15) is 19.5 Å². The maximum Gasteiger partial charge on any atom is 0.311 e. The van der Waals surface area contributed by atoms with Crippen molar-refractivity contribution in [3.8, 4) is 5.75 Å². The van der Waals surface area contributed by atoms with Crippen LogP contribution in [0.1, 0.15) is 26.2 Å². The average molecular weight is 346 g/mol. The van der Waals surface area contributed by atoms with Crippen molar-refractivity contribution in [2.24, 2.45) is 5.41 Å². The van der Waals surface area contributed by atoms with Crippen LogP contribution in [0.25, 0.3) is 0 Å². The third-order valence-corrected chi connectivity index (χ3v) is 4.91. The maximum atomic E-state index is 12.3. The van der Waals surface area contributed by atoms with E-state index in [1.165, 1.54) is 4.90 Å². The summed E-state index contributed by atoms with van der Waals surface area (Å²) in [7, 11) is 0. The van der Waals surface area contributed by atoms with Crippen LogP contribution in [0.3, 0.4) is 0 Å². The lowest BCUT2D eigenvalue weighted by molar-refractivity contribution is -0.147. The minimum atomic E-state index is -0.883. The number of ether oxygens (including phenoxy) is 1. The second kappa shape index (κ2) is 6.74. The summed E-state index contributed by atoms with van der Waals surface area (Å²) in [5.74, 6) is -0.497. The lowest BCUT2D eigenvalue weighted by Gasteiger charge is -2.20. The van der Waals surface area contributed by atoms with Gasteiger partial charge < -0.3 is 19.6 Å². The number of hydrogen-bond acceptors (Lipinski definition) is 4. The molecule has 0 spiro atoms. The largest absolute Gasteiger partial charge is 0.484 e. The SMILES string of the molecule is CC1(C(=O)O)CCN(C(=O)COc2cccc(N3CCCC3=O)c2)C1. The molecule has 25 heavy (non-hydrogen) atoms. The molecule has 2 heterocycles. The molecule has 7 heteroatoms. The molecule has 3 rings (SSSR count). The lowest BCUT2D eigenvalue weighted by Crippen LogP contribution is -2.37. The van der Waals surface area contributed by atoms with E-state index in [1.54, 1.807) is 30.0 Å². The van der Waals surface area contributed by atoms with E-state index in [4.69, 9.17) is 4.74 Å². The first-order chi connectivity index (χ1) is 11.9. The van der Waals surface area contributed by atoms with Crippen LogP contribution < -0.4 is 9.64 Å². The summed E-state index contributed by atoms with van der Waals surface area (Å²) in [6.07, 6.45) is 1.85. The molecule has 134 valence electrons. The van der Waals surface area contributed by atoms with Gasteiger partial charge >= 0.3 is 5.97 Å². The van der Waals surface area contributed by atoms with Gasteiger partial charge in [-0.3, -0.25) is 14.4 Å². The molecule has 2 fully saturated rings. The predicted molar refractivity (Wildman–Crippen MR) is 90.5 cm³/mol. The number of amides is 2. The van der Waals surface area contributed by atoms with E-state index in [2.05, 4.69) is 0 Å². The second-order valence-corrected chi connectivity index (χ2v) is 6.87. The van der Waals surface area contributed by atoms with Crippen LogP contribution in [0.5, 0.6) is 5.75 Å². The summed E-state index contributed by atoms with van der Waals surface area (Å²) in [6, 6.07) is 7.12. The maximum absolute atomic E-state index is 12.3. The van der Waals surface area contributed by atoms with Gasteiger partial charge in [-0.25, -0.2) is 0 Å². The van der Waals surface area contributed by atoms with E-state index in [0.29, 0.717) is 31.7 Å². The van der Waals surface area contributed by atoms with Crippen molar-refractivity contribution >= 4 is 23.5 Å². The minimum Gasteiger partial charge on any atom is -0.484 e. The van der Waals surface area contributed by atoms with Gasteiger partial charge in [0.15, 0.2) is 6.61 Å². The Bertz CT molecular complexity index is 704. The number of nitrogens with zero attached hydrogens (tertiary/aromatic N) is 2. The highest BCUT2D eigenvalue weighted by Gasteiger charge is 2.42. The zero-order valence-electron chi connectivity index (χ0n) is 14.2. The number of likely N-dealkylation sites (tertiary alicyclic amines) is 1. The highest BCUT2D eigenvalue weighted by molar-refractivity contribution is 5.95. The van der Waals surface area contributed by atoms with Gasteiger partial charge in [-0.2, -0.15) is 0 Å². The molecular formula is C18H22N2O5. The number of carboxylic acid groups (broad SMARTS) is 1. The fraction of sp³-hybridized carbons (Fsp3) is 0.500. The summed E-state index contributed by atoms with van der Waals surface area (Å²) in [4.78, 5) is 38.6. The summed E-state index contributed by atoms with van der Waals surface area (Å²) < 4.78 is 5.57. The number of benzene rings is 1. The van der Waals surface area contributed by atoms with E-state index >= 15 is 0 Å². The Morgan fingerprint density at radius 3 is 2.76 bits per heavy atom. The van der Waals surface area contributed by atoms with Crippen LogP contribution in [-0.2, 0) is 14.4 Å². The molecule has 0 saturated carbocycles.